The molecular formula is C32H56NO2. The van der Waals surface area contributed by atoms with Crippen molar-refractivity contribution in [1.82, 2.24) is 5.06 Å². The van der Waals surface area contributed by atoms with Crippen molar-refractivity contribution in [2.24, 2.45) is 0 Å². The molecule has 0 aromatic heterocycles. The first-order chi connectivity index (χ1) is 16.9. The van der Waals surface area contributed by atoms with E-state index in [0.717, 1.165) is 37.2 Å². The topological polar surface area (TPSA) is 32.4 Å². The Bertz CT molecular complexity index is 656. The molecule has 2 rings (SSSR count). The Labute approximate surface area is 218 Å². The van der Waals surface area contributed by atoms with Crippen LogP contribution in [-0.4, -0.2) is 17.2 Å². The van der Waals surface area contributed by atoms with Crippen LogP contribution in [0.15, 0.2) is 24.3 Å². The van der Waals surface area contributed by atoms with Crippen LogP contribution in [0.5, 0.6) is 5.75 Å². The summed E-state index contributed by atoms with van der Waals surface area (Å²) in [7, 11) is 0. The molecule has 0 aliphatic carbocycles. The van der Waals surface area contributed by atoms with Gasteiger partial charge in [0.05, 0.1) is 12.1 Å². The molecule has 3 heteroatoms. The second-order valence-electron chi connectivity index (χ2n) is 11.9. The summed E-state index contributed by atoms with van der Waals surface area (Å²) in [4.78, 5) is 0. The summed E-state index contributed by atoms with van der Waals surface area (Å²) < 4.78 is 5.96. The maximum atomic E-state index is 12.8. The Kier molecular flexibility index (Phi) is 14.3. The molecule has 0 bridgehead atoms. The zero-order valence-electron chi connectivity index (χ0n) is 23.7. The fourth-order valence-electron chi connectivity index (χ4n) is 5.61. The summed E-state index contributed by atoms with van der Waals surface area (Å²) in [6.45, 7) is 9.24. The van der Waals surface area contributed by atoms with Crippen LogP contribution in [0.4, 0.5) is 0 Å². The third-order valence-electron chi connectivity index (χ3n) is 8.21. The van der Waals surface area contributed by atoms with Gasteiger partial charge in [-0.25, -0.2) is 0 Å². The molecule has 1 aromatic carbocycles. The minimum Gasteiger partial charge on any atom is -0.494 e. The molecule has 3 nitrogen and oxygen atoms in total. The molecule has 1 aliphatic rings. The smallest absolute Gasteiger partial charge is 0.119 e. The highest BCUT2D eigenvalue weighted by Gasteiger charge is 2.49. The van der Waals surface area contributed by atoms with Crippen LogP contribution < -0.4 is 4.74 Å². The quantitative estimate of drug-likeness (QED) is 0.172. The summed E-state index contributed by atoms with van der Waals surface area (Å²) in [6.07, 6.45) is 25.5. The third kappa shape index (κ3) is 10.8. The normalized spacial score (nSPS) is 19.9. The number of nitrogens with zero attached hydrogens (tertiary/aromatic N) is 1. The van der Waals surface area contributed by atoms with E-state index >= 15 is 0 Å². The third-order valence-corrected chi connectivity index (χ3v) is 8.21. The zero-order valence-corrected chi connectivity index (χ0v) is 23.7. The molecule has 0 saturated carbocycles. The van der Waals surface area contributed by atoms with Gasteiger partial charge in [-0.1, -0.05) is 122 Å². The summed E-state index contributed by atoms with van der Waals surface area (Å²) in [6, 6.07) is 8.23. The summed E-state index contributed by atoms with van der Waals surface area (Å²) >= 11 is 0. The van der Waals surface area contributed by atoms with Crippen molar-refractivity contribution in [2.75, 3.05) is 6.61 Å². The van der Waals surface area contributed by atoms with Gasteiger partial charge in [0.25, 0.3) is 0 Å². The van der Waals surface area contributed by atoms with E-state index in [4.69, 9.17) is 4.74 Å². The van der Waals surface area contributed by atoms with Gasteiger partial charge in [0, 0.05) is 5.54 Å². The van der Waals surface area contributed by atoms with E-state index < -0.39 is 5.54 Å². The highest BCUT2D eigenvalue weighted by Crippen LogP contribution is 2.46. The number of unbranched alkanes of at least 4 members (excludes halogenated alkanes) is 16. The van der Waals surface area contributed by atoms with Crippen LogP contribution in [0, 0.1) is 0 Å². The van der Waals surface area contributed by atoms with E-state index in [2.05, 4.69) is 26.0 Å². The van der Waals surface area contributed by atoms with Gasteiger partial charge in [-0.15, -0.1) is 10.3 Å². The van der Waals surface area contributed by atoms with Gasteiger partial charge in [0.1, 0.15) is 5.75 Å². The van der Waals surface area contributed by atoms with Gasteiger partial charge in [-0.2, -0.15) is 0 Å². The molecule has 35 heavy (non-hydrogen) atoms. The second-order valence-corrected chi connectivity index (χ2v) is 11.9. The Morgan fingerprint density at radius 2 is 1.09 bits per heavy atom. The molecule has 0 amide bonds. The predicted molar refractivity (Wildman–Crippen MR) is 149 cm³/mol. The molecule has 1 atom stereocenters. The predicted octanol–water partition coefficient (Wildman–Crippen LogP) is 10.2. The first-order valence-corrected chi connectivity index (χ1v) is 15.1. The number of rotatable bonds is 20. The van der Waals surface area contributed by atoms with Gasteiger partial charge in [-0.05, 0) is 57.7 Å². The lowest BCUT2D eigenvalue weighted by atomic mass is 9.90. The van der Waals surface area contributed by atoms with Crippen molar-refractivity contribution in [1.29, 1.82) is 0 Å². The number of hydrogen-bond donors (Lipinski definition) is 0. The number of ether oxygens (including phenoxy) is 1. The van der Waals surface area contributed by atoms with Crippen LogP contribution in [-0.2, 0) is 10.7 Å². The van der Waals surface area contributed by atoms with Crippen LogP contribution in [0.2, 0.25) is 0 Å². The lowest BCUT2D eigenvalue weighted by molar-refractivity contribution is -0.252. The zero-order chi connectivity index (χ0) is 25.4. The standard InChI is InChI=1S/C32H56NO2/c1-5-6-7-8-9-10-11-12-13-14-15-16-17-18-19-20-21-28-35-30-24-22-29(23-25-30)32(4)27-26-31(2,3)33(32)34/h22-25H,5-21,26-28H2,1-4H3. The number of hydroxylamine groups is 2. The van der Waals surface area contributed by atoms with Crippen molar-refractivity contribution in [3.63, 3.8) is 0 Å². The Balaban J connectivity index is 1.40. The molecule has 1 radical (unpaired) electrons. The Morgan fingerprint density at radius 1 is 0.657 bits per heavy atom. The largest absolute Gasteiger partial charge is 0.494 e. The molecule has 1 fully saturated rings. The van der Waals surface area contributed by atoms with Gasteiger partial charge in [-0.3, -0.25) is 0 Å². The van der Waals surface area contributed by atoms with Crippen LogP contribution in [0.1, 0.15) is 155 Å². The summed E-state index contributed by atoms with van der Waals surface area (Å²) in [5.41, 5.74) is 0.398. The monoisotopic (exact) mass is 486 g/mol. The van der Waals surface area contributed by atoms with E-state index in [1.54, 1.807) is 0 Å². The maximum absolute atomic E-state index is 12.8. The second kappa shape index (κ2) is 16.6. The van der Waals surface area contributed by atoms with Crippen molar-refractivity contribution in [3.05, 3.63) is 29.8 Å². The Morgan fingerprint density at radius 3 is 1.49 bits per heavy atom. The van der Waals surface area contributed by atoms with Crippen molar-refractivity contribution >= 4 is 0 Å². The Hall–Kier alpha value is -1.06. The molecule has 1 unspecified atom stereocenters. The fourth-order valence-corrected chi connectivity index (χ4v) is 5.61. The molecule has 0 spiro atoms. The fraction of sp³-hybridized carbons (Fsp3) is 0.812. The summed E-state index contributed by atoms with van der Waals surface area (Å²) in [5, 5.41) is 14.1. The van der Waals surface area contributed by atoms with Crippen molar-refractivity contribution in [2.45, 2.75) is 161 Å². The van der Waals surface area contributed by atoms with Gasteiger partial charge >= 0.3 is 0 Å². The SMILES string of the molecule is CCCCCCCCCCCCCCCCCCCOc1ccc(C2(C)CCC(C)(C)N2[O])cc1. The molecular weight excluding hydrogens is 430 g/mol. The molecule has 1 saturated heterocycles. The molecule has 1 aromatic rings. The van der Waals surface area contributed by atoms with E-state index in [9.17, 15) is 5.21 Å². The van der Waals surface area contributed by atoms with Crippen LogP contribution in [0.25, 0.3) is 0 Å². The van der Waals surface area contributed by atoms with E-state index in [1.807, 2.05) is 26.0 Å². The molecule has 0 N–H and O–H groups in total. The van der Waals surface area contributed by atoms with Gasteiger partial charge in [0.15, 0.2) is 0 Å². The summed E-state index contributed by atoms with van der Waals surface area (Å²) in [5.74, 6) is 0.920. The molecule has 201 valence electrons. The van der Waals surface area contributed by atoms with Crippen molar-refractivity contribution < 1.29 is 9.94 Å². The average molecular weight is 487 g/mol. The van der Waals surface area contributed by atoms with Gasteiger partial charge in [0.2, 0.25) is 0 Å². The molecule has 1 heterocycles. The highest BCUT2D eigenvalue weighted by atomic mass is 16.5. The number of hydrogen-bond acceptors (Lipinski definition) is 2. The number of benzene rings is 1. The minimum atomic E-state index is -0.421. The lowest BCUT2D eigenvalue weighted by Gasteiger charge is -2.35. The lowest BCUT2D eigenvalue weighted by Crippen LogP contribution is -2.44. The first-order valence-electron chi connectivity index (χ1n) is 15.1. The van der Waals surface area contributed by atoms with Crippen LogP contribution >= 0.6 is 0 Å². The average Bonchev–Trinajstić information content (AvgIpc) is 3.07. The minimum absolute atomic E-state index is 0.281. The van der Waals surface area contributed by atoms with Crippen LogP contribution in [0.3, 0.4) is 0 Å². The van der Waals surface area contributed by atoms with E-state index in [0.29, 0.717) is 0 Å². The van der Waals surface area contributed by atoms with Gasteiger partial charge < -0.3 is 4.74 Å². The molecule has 1 aliphatic heterocycles. The van der Waals surface area contributed by atoms with E-state index in [1.165, 1.54) is 108 Å². The first kappa shape index (κ1) is 30.2. The van der Waals surface area contributed by atoms with E-state index in [-0.39, 0.29) is 5.54 Å². The van der Waals surface area contributed by atoms with Crippen molar-refractivity contribution in [3.8, 4) is 5.75 Å². The maximum Gasteiger partial charge on any atom is 0.119 e. The highest BCUT2D eigenvalue weighted by molar-refractivity contribution is 5.32.